The second kappa shape index (κ2) is 8.06. The molecule has 3 aromatic rings. The second-order valence-corrected chi connectivity index (χ2v) is 6.82. The van der Waals surface area contributed by atoms with Gasteiger partial charge in [0.2, 0.25) is 0 Å². The van der Waals surface area contributed by atoms with Crippen molar-refractivity contribution in [2.75, 3.05) is 20.6 Å². The van der Waals surface area contributed by atoms with Crippen LogP contribution in [0.25, 0.3) is 22.5 Å². The molecule has 0 atom stereocenters. The molecule has 0 unspecified atom stereocenters. The largest absolute Gasteiger partial charge is 0.366 e. The highest BCUT2D eigenvalue weighted by molar-refractivity contribution is 6.03. The van der Waals surface area contributed by atoms with E-state index in [-0.39, 0.29) is 5.69 Å². The number of H-pyrrole nitrogens is 1. The first-order valence-corrected chi connectivity index (χ1v) is 8.88. The van der Waals surface area contributed by atoms with Gasteiger partial charge in [-0.2, -0.15) is 0 Å². The average molecular weight is 378 g/mol. The Morgan fingerprint density at radius 3 is 2.18 bits per heavy atom. The zero-order valence-electron chi connectivity index (χ0n) is 15.8. The molecule has 0 aliphatic rings. The summed E-state index contributed by atoms with van der Waals surface area (Å²) in [5, 5.41) is 11.0. The van der Waals surface area contributed by atoms with E-state index in [4.69, 9.17) is 5.73 Å². The molecule has 0 spiro atoms. The number of carbonyl (C=O) groups excluding carboxylic acids is 1. The minimum atomic E-state index is -0.503. The van der Waals surface area contributed by atoms with Crippen molar-refractivity contribution in [3.8, 4) is 22.5 Å². The summed E-state index contributed by atoms with van der Waals surface area (Å²) in [6.45, 7) is 0.729. The van der Waals surface area contributed by atoms with Crippen LogP contribution in [0.15, 0.2) is 54.6 Å². The summed E-state index contributed by atoms with van der Waals surface area (Å²) in [5.41, 5.74) is 10.1. The fraction of sp³-hybridized carbons (Fsp3) is 0.190. The molecule has 2 aromatic carbocycles. The summed E-state index contributed by atoms with van der Waals surface area (Å²) >= 11 is 0. The van der Waals surface area contributed by atoms with E-state index >= 15 is 0 Å². The van der Waals surface area contributed by atoms with Crippen LogP contribution in [0.4, 0.5) is 5.69 Å². The Hall–Kier alpha value is -3.45. The normalized spacial score (nSPS) is 11.0. The van der Waals surface area contributed by atoms with E-state index in [1.165, 1.54) is 12.1 Å². The predicted molar refractivity (Wildman–Crippen MR) is 109 cm³/mol. The molecule has 1 aromatic heterocycles. The van der Waals surface area contributed by atoms with Crippen LogP contribution in [0, 0.1) is 10.1 Å². The number of likely N-dealkylation sites (N-methyl/N-ethyl adjacent to an activating group) is 1. The van der Waals surface area contributed by atoms with Crippen molar-refractivity contribution >= 4 is 11.6 Å². The Balaban J connectivity index is 2.19. The number of nitro groups is 1. The van der Waals surface area contributed by atoms with E-state index in [9.17, 15) is 14.9 Å². The maximum atomic E-state index is 12.3. The molecule has 0 fully saturated rings. The number of benzene rings is 2. The molecular weight excluding hydrogens is 356 g/mol. The highest BCUT2D eigenvalue weighted by Crippen LogP contribution is 2.34. The van der Waals surface area contributed by atoms with Gasteiger partial charge in [-0.3, -0.25) is 14.9 Å². The van der Waals surface area contributed by atoms with Crippen molar-refractivity contribution < 1.29 is 9.72 Å². The lowest BCUT2D eigenvalue weighted by atomic mass is 9.98. The summed E-state index contributed by atoms with van der Waals surface area (Å²) in [4.78, 5) is 28.2. The zero-order valence-corrected chi connectivity index (χ0v) is 15.8. The number of nitrogens with two attached hydrogens (primary N) is 1. The summed E-state index contributed by atoms with van der Waals surface area (Å²) in [6, 6.07) is 15.8. The number of hydrogen-bond donors (Lipinski definition) is 2. The van der Waals surface area contributed by atoms with E-state index in [2.05, 4.69) is 4.98 Å². The molecule has 144 valence electrons. The minimum absolute atomic E-state index is 0.0172. The third kappa shape index (κ3) is 3.94. The number of aromatic nitrogens is 1. The van der Waals surface area contributed by atoms with Gasteiger partial charge in [0.15, 0.2) is 0 Å². The SMILES string of the molecule is CN(C)CCc1c(-c2ccc([N+](=O)[O-])cc2)[nH]c(-c2ccccc2)c1C(N)=O. The van der Waals surface area contributed by atoms with Gasteiger partial charge in [-0.25, -0.2) is 0 Å². The molecule has 7 heteroatoms. The average Bonchev–Trinajstić information content (AvgIpc) is 3.07. The molecule has 3 N–H and O–H groups in total. The lowest BCUT2D eigenvalue weighted by molar-refractivity contribution is -0.384. The Kier molecular flexibility index (Phi) is 5.56. The molecule has 7 nitrogen and oxygen atoms in total. The van der Waals surface area contributed by atoms with Crippen molar-refractivity contribution in [2.45, 2.75) is 6.42 Å². The minimum Gasteiger partial charge on any atom is -0.366 e. The predicted octanol–water partition coefficient (Wildman–Crippen LogP) is 3.46. The molecule has 28 heavy (non-hydrogen) atoms. The summed E-state index contributed by atoms with van der Waals surface area (Å²) in [7, 11) is 3.92. The number of nitrogens with one attached hydrogen (secondary N) is 1. The zero-order chi connectivity index (χ0) is 20.3. The molecular formula is C21H22N4O3. The topological polar surface area (TPSA) is 105 Å². The highest BCUT2D eigenvalue weighted by Gasteiger charge is 2.23. The number of aromatic amines is 1. The van der Waals surface area contributed by atoms with Crippen molar-refractivity contribution in [3.63, 3.8) is 0 Å². The molecule has 0 saturated heterocycles. The van der Waals surface area contributed by atoms with Gasteiger partial charge >= 0.3 is 0 Å². The maximum Gasteiger partial charge on any atom is 0.269 e. The Morgan fingerprint density at radius 1 is 1.04 bits per heavy atom. The number of non-ortho nitro benzene ring substituents is 1. The van der Waals surface area contributed by atoms with Crippen LogP contribution in [0.2, 0.25) is 0 Å². The number of hydrogen-bond acceptors (Lipinski definition) is 4. The quantitative estimate of drug-likeness (QED) is 0.485. The standard InChI is InChI=1S/C21H22N4O3/c1-24(2)13-12-17-18(21(22)26)20(14-6-4-3-5-7-14)23-19(17)15-8-10-16(11-9-15)25(27)28/h3-11,23H,12-13H2,1-2H3,(H2,22,26). The molecule has 1 amide bonds. The Morgan fingerprint density at radius 2 is 1.64 bits per heavy atom. The van der Waals surface area contributed by atoms with Crippen molar-refractivity contribution in [3.05, 3.63) is 75.8 Å². The van der Waals surface area contributed by atoms with Gasteiger partial charge < -0.3 is 15.6 Å². The lowest BCUT2D eigenvalue weighted by Crippen LogP contribution is -2.18. The third-order valence-electron chi connectivity index (χ3n) is 4.59. The Labute approximate surface area is 162 Å². The number of carbonyl (C=O) groups is 1. The van der Waals surface area contributed by atoms with E-state index in [0.717, 1.165) is 28.9 Å². The van der Waals surface area contributed by atoms with Gasteiger partial charge in [-0.15, -0.1) is 0 Å². The van der Waals surface area contributed by atoms with Gasteiger partial charge in [-0.1, -0.05) is 30.3 Å². The van der Waals surface area contributed by atoms with Crippen LogP contribution < -0.4 is 5.73 Å². The van der Waals surface area contributed by atoms with Crippen molar-refractivity contribution in [2.24, 2.45) is 5.73 Å². The van der Waals surface area contributed by atoms with E-state index in [1.807, 2.05) is 49.3 Å². The molecule has 0 radical (unpaired) electrons. The van der Waals surface area contributed by atoms with E-state index in [0.29, 0.717) is 17.7 Å². The number of nitrogens with zero attached hydrogens (tertiary/aromatic N) is 2. The van der Waals surface area contributed by atoms with Crippen LogP contribution in [0.5, 0.6) is 0 Å². The summed E-state index contributed by atoms with van der Waals surface area (Å²) in [6.07, 6.45) is 0.612. The highest BCUT2D eigenvalue weighted by atomic mass is 16.6. The van der Waals surface area contributed by atoms with Gasteiger partial charge in [0.25, 0.3) is 11.6 Å². The number of rotatable bonds is 7. The lowest BCUT2D eigenvalue weighted by Gasteiger charge is -2.11. The van der Waals surface area contributed by atoms with E-state index < -0.39 is 10.8 Å². The fourth-order valence-corrected chi connectivity index (χ4v) is 3.21. The first-order chi connectivity index (χ1) is 13.4. The number of primary amides is 1. The smallest absolute Gasteiger partial charge is 0.269 e. The maximum absolute atomic E-state index is 12.3. The van der Waals surface area contributed by atoms with E-state index in [1.54, 1.807) is 12.1 Å². The Bertz CT molecular complexity index is 992. The van der Waals surface area contributed by atoms with Crippen LogP contribution in [-0.2, 0) is 6.42 Å². The second-order valence-electron chi connectivity index (χ2n) is 6.82. The van der Waals surface area contributed by atoms with Crippen LogP contribution in [0.3, 0.4) is 0 Å². The van der Waals surface area contributed by atoms with Crippen molar-refractivity contribution in [1.82, 2.24) is 9.88 Å². The van der Waals surface area contributed by atoms with Gasteiger partial charge in [-0.05, 0) is 49.3 Å². The molecule has 0 aliphatic carbocycles. The number of nitro benzene ring substituents is 1. The third-order valence-corrected chi connectivity index (χ3v) is 4.59. The molecule has 0 saturated carbocycles. The van der Waals surface area contributed by atoms with Crippen LogP contribution in [-0.4, -0.2) is 41.4 Å². The monoisotopic (exact) mass is 378 g/mol. The van der Waals surface area contributed by atoms with Gasteiger partial charge in [0.05, 0.1) is 16.2 Å². The molecule has 0 bridgehead atoms. The summed E-state index contributed by atoms with van der Waals surface area (Å²) < 4.78 is 0. The van der Waals surface area contributed by atoms with Gasteiger partial charge in [0.1, 0.15) is 0 Å². The fourth-order valence-electron chi connectivity index (χ4n) is 3.21. The molecule has 3 rings (SSSR count). The number of amides is 1. The van der Waals surface area contributed by atoms with Crippen LogP contribution >= 0.6 is 0 Å². The summed E-state index contributed by atoms with van der Waals surface area (Å²) in [5.74, 6) is -0.503. The van der Waals surface area contributed by atoms with Gasteiger partial charge in [0, 0.05) is 24.4 Å². The first-order valence-electron chi connectivity index (χ1n) is 8.88. The first kappa shape index (κ1) is 19.3. The van der Waals surface area contributed by atoms with Crippen molar-refractivity contribution in [1.29, 1.82) is 0 Å². The molecule has 0 aliphatic heterocycles. The van der Waals surface area contributed by atoms with Crippen LogP contribution in [0.1, 0.15) is 15.9 Å². The molecule has 1 heterocycles.